The highest BCUT2D eigenvalue weighted by molar-refractivity contribution is 5.86. The smallest absolute Gasteiger partial charge is 0.134 e. The molecule has 2 heteroatoms. The molecule has 1 N–H and O–H groups in total. The lowest BCUT2D eigenvalue weighted by Crippen LogP contribution is -2.10. The first-order valence-corrected chi connectivity index (χ1v) is 8.69. The lowest BCUT2D eigenvalue weighted by atomic mass is 9.91. The average molecular weight is 326 g/mol. The van der Waals surface area contributed by atoms with Gasteiger partial charge in [-0.15, -0.1) is 0 Å². The molecule has 1 aliphatic heterocycles. The van der Waals surface area contributed by atoms with Crippen molar-refractivity contribution in [1.82, 2.24) is 0 Å². The van der Waals surface area contributed by atoms with Crippen molar-refractivity contribution in [3.8, 4) is 11.5 Å². The molecule has 0 spiro atoms. The van der Waals surface area contributed by atoms with E-state index >= 15 is 0 Å². The first-order valence-electron chi connectivity index (χ1n) is 8.69. The Morgan fingerprint density at radius 3 is 2.12 bits per heavy atom. The van der Waals surface area contributed by atoms with Crippen LogP contribution < -0.4 is 4.74 Å². The number of hydrogen-bond acceptors (Lipinski definition) is 2. The van der Waals surface area contributed by atoms with Crippen LogP contribution in [0.4, 0.5) is 0 Å². The fraction of sp³-hybridized carbons (Fsp3) is 0.130. The number of hydrogen-bond donors (Lipinski definition) is 1. The number of ether oxygens (including phenoxy) is 1. The molecule has 0 saturated carbocycles. The quantitative estimate of drug-likeness (QED) is 0.562. The summed E-state index contributed by atoms with van der Waals surface area (Å²) in [6.07, 6.45) is 10.1. The van der Waals surface area contributed by atoms with Gasteiger partial charge in [0.15, 0.2) is 0 Å². The van der Waals surface area contributed by atoms with E-state index < -0.39 is 6.10 Å². The number of allylic oxidation sites excluding steroid dienone is 2. The van der Waals surface area contributed by atoms with Crippen molar-refractivity contribution in [2.45, 2.75) is 18.9 Å². The number of aliphatic hydroxyl groups is 1. The lowest BCUT2D eigenvalue weighted by Gasteiger charge is -2.26. The molecule has 0 aromatic heterocycles. The summed E-state index contributed by atoms with van der Waals surface area (Å²) in [6.45, 7) is 0. The maximum Gasteiger partial charge on any atom is 0.134 e. The Bertz CT molecular complexity index is 1040. The molecule has 1 unspecified atom stereocenters. The zero-order chi connectivity index (χ0) is 16.8. The SMILES string of the molecule is OC1c2cc3c(cc2Oc2cc4ccccc4cc21)/C=C\CC/C=C\3. The molecule has 0 fully saturated rings. The molecule has 0 radical (unpaired) electrons. The van der Waals surface area contributed by atoms with Crippen LogP contribution in [0, 0.1) is 0 Å². The van der Waals surface area contributed by atoms with E-state index in [2.05, 4.69) is 42.5 Å². The van der Waals surface area contributed by atoms with Gasteiger partial charge in [-0.05, 0) is 59.0 Å². The topological polar surface area (TPSA) is 29.5 Å². The van der Waals surface area contributed by atoms with Crippen molar-refractivity contribution in [3.63, 3.8) is 0 Å². The van der Waals surface area contributed by atoms with E-state index in [1.807, 2.05) is 30.3 Å². The van der Waals surface area contributed by atoms with Crippen molar-refractivity contribution >= 4 is 22.9 Å². The highest BCUT2D eigenvalue weighted by atomic mass is 16.5. The van der Waals surface area contributed by atoms with Crippen molar-refractivity contribution < 1.29 is 9.84 Å². The van der Waals surface area contributed by atoms with Gasteiger partial charge < -0.3 is 9.84 Å². The highest BCUT2D eigenvalue weighted by Gasteiger charge is 2.27. The van der Waals surface area contributed by atoms with Crippen molar-refractivity contribution in [2.75, 3.05) is 0 Å². The van der Waals surface area contributed by atoms with Crippen molar-refractivity contribution in [1.29, 1.82) is 0 Å². The van der Waals surface area contributed by atoms with E-state index in [1.165, 1.54) is 0 Å². The molecule has 3 aromatic rings. The second-order valence-corrected chi connectivity index (χ2v) is 6.64. The van der Waals surface area contributed by atoms with Gasteiger partial charge in [0.1, 0.15) is 17.6 Å². The number of fused-ring (bicyclic) bond motifs is 4. The monoisotopic (exact) mass is 326 g/mol. The third-order valence-corrected chi connectivity index (χ3v) is 5.00. The summed E-state index contributed by atoms with van der Waals surface area (Å²) in [4.78, 5) is 0. The van der Waals surface area contributed by atoms with Gasteiger partial charge >= 0.3 is 0 Å². The standard InChI is InChI=1S/C23H18O2/c24-23-19-11-15-7-3-1-2-4-8-17(15)13-21(19)25-22-14-18-10-6-5-9-16(18)12-20(22)23/h3-14,23-24H,1-2H2/b7-3-,8-4-. The fourth-order valence-electron chi connectivity index (χ4n) is 3.66. The minimum Gasteiger partial charge on any atom is -0.457 e. The Kier molecular flexibility index (Phi) is 3.25. The van der Waals surface area contributed by atoms with Crippen LogP contribution in [0.5, 0.6) is 11.5 Å². The van der Waals surface area contributed by atoms with Gasteiger partial charge in [-0.3, -0.25) is 0 Å². The molecule has 3 aromatic carbocycles. The zero-order valence-corrected chi connectivity index (χ0v) is 13.8. The third kappa shape index (κ3) is 2.38. The van der Waals surface area contributed by atoms with Crippen LogP contribution in [0.2, 0.25) is 0 Å². The van der Waals surface area contributed by atoms with Gasteiger partial charge in [0.05, 0.1) is 0 Å². The summed E-state index contributed by atoms with van der Waals surface area (Å²) in [5, 5.41) is 13.2. The summed E-state index contributed by atoms with van der Waals surface area (Å²) < 4.78 is 6.18. The maximum atomic E-state index is 11.0. The average Bonchev–Trinajstić information content (AvgIpc) is 2.61. The second-order valence-electron chi connectivity index (χ2n) is 6.64. The zero-order valence-electron chi connectivity index (χ0n) is 13.8. The number of benzene rings is 3. The van der Waals surface area contributed by atoms with Crippen molar-refractivity contribution in [3.05, 3.63) is 82.9 Å². The van der Waals surface area contributed by atoms with Gasteiger partial charge in [0, 0.05) is 11.1 Å². The van der Waals surface area contributed by atoms with Crippen LogP contribution in [-0.2, 0) is 0 Å². The van der Waals surface area contributed by atoms with Crippen molar-refractivity contribution in [2.24, 2.45) is 0 Å². The Hall–Kier alpha value is -2.84. The second kappa shape index (κ2) is 5.61. The van der Waals surface area contributed by atoms with Crippen LogP contribution in [0.1, 0.15) is 41.2 Å². The van der Waals surface area contributed by atoms with Gasteiger partial charge in [0.2, 0.25) is 0 Å². The van der Waals surface area contributed by atoms with Crippen LogP contribution in [0.3, 0.4) is 0 Å². The van der Waals surface area contributed by atoms with E-state index in [-0.39, 0.29) is 0 Å². The molecule has 2 nitrogen and oxygen atoms in total. The number of aliphatic hydroxyl groups excluding tert-OH is 1. The normalized spacial score (nSPS) is 20.4. The summed E-state index contributed by atoms with van der Waals surface area (Å²) in [6, 6.07) is 16.3. The minimum atomic E-state index is -0.670. The highest BCUT2D eigenvalue weighted by Crippen LogP contribution is 2.45. The molecule has 1 atom stereocenters. The summed E-state index contributed by atoms with van der Waals surface area (Å²) in [5.74, 6) is 1.48. The molecule has 0 saturated heterocycles. The van der Waals surface area contributed by atoms with Crippen LogP contribution >= 0.6 is 0 Å². The van der Waals surface area contributed by atoms with Crippen LogP contribution in [0.25, 0.3) is 22.9 Å². The summed E-state index contributed by atoms with van der Waals surface area (Å²) in [5.41, 5.74) is 3.92. The largest absolute Gasteiger partial charge is 0.457 e. The molecule has 0 bridgehead atoms. The van der Waals surface area contributed by atoms with E-state index in [0.717, 1.165) is 57.4 Å². The molecule has 25 heavy (non-hydrogen) atoms. The molecular weight excluding hydrogens is 308 g/mol. The Balaban J connectivity index is 1.69. The molecule has 1 aliphatic carbocycles. The van der Waals surface area contributed by atoms with Crippen LogP contribution in [-0.4, -0.2) is 5.11 Å². The molecular formula is C23H18O2. The Morgan fingerprint density at radius 2 is 1.36 bits per heavy atom. The molecule has 2 aliphatic rings. The number of rotatable bonds is 0. The molecule has 5 rings (SSSR count). The predicted molar refractivity (Wildman–Crippen MR) is 102 cm³/mol. The van der Waals surface area contributed by atoms with Gasteiger partial charge in [-0.1, -0.05) is 48.6 Å². The van der Waals surface area contributed by atoms with E-state index in [0.29, 0.717) is 0 Å². The minimum absolute atomic E-state index is 0.670. The first kappa shape index (κ1) is 14.5. The molecule has 122 valence electrons. The molecule has 1 heterocycles. The van der Waals surface area contributed by atoms with Gasteiger partial charge in [-0.25, -0.2) is 0 Å². The Labute approximate surface area is 146 Å². The van der Waals surface area contributed by atoms with Crippen LogP contribution in [0.15, 0.2) is 60.7 Å². The van der Waals surface area contributed by atoms with E-state index in [1.54, 1.807) is 0 Å². The summed E-state index contributed by atoms with van der Waals surface area (Å²) >= 11 is 0. The molecule has 0 amide bonds. The van der Waals surface area contributed by atoms with Gasteiger partial charge in [0.25, 0.3) is 0 Å². The third-order valence-electron chi connectivity index (χ3n) is 5.00. The maximum absolute atomic E-state index is 11.0. The first-order chi connectivity index (χ1) is 12.3. The van der Waals surface area contributed by atoms with E-state index in [9.17, 15) is 5.11 Å². The predicted octanol–water partition coefficient (Wildman–Crippen LogP) is 5.85. The fourth-order valence-corrected chi connectivity index (χ4v) is 3.66. The van der Waals surface area contributed by atoms with Gasteiger partial charge in [-0.2, -0.15) is 0 Å². The summed E-state index contributed by atoms with van der Waals surface area (Å²) in [7, 11) is 0. The van der Waals surface area contributed by atoms with E-state index in [4.69, 9.17) is 4.74 Å². The lowest BCUT2D eigenvalue weighted by molar-refractivity contribution is 0.203. The Morgan fingerprint density at radius 1 is 0.760 bits per heavy atom.